The number of hydrogen-bond donors (Lipinski definition) is 0. The molecule has 0 saturated carbocycles. The van der Waals surface area contributed by atoms with Gasteiger partial charge in [-0.05, 0) is 25.9 Å². The van der Waals surface area contributed by atoms with Crippen molar-refractivity contribution in [3.05, 3.63) is 0 Å². The lowest BCUT2D eigenvalue weighted by Gasteiger charge is -2.16. The fourth-order valence-corrected chi connectivity index (χ4v) is 6.14. The van der Waals surface area contributed by atoms with Crippen LogP contribution in [0, 0.1) is 0 Å². The van der Waals surface area contributed by atoms with Crippen LogP contribution in [0.25, 0.3) is 0 Å². The van der Waals surface area contributed by atoms with Crippen LogP contribution < -0.4 is 0 Å². The van der Waals surface area contributed by atoms with Gasteiger partial charge in [-0.25, -0.2) is 0 Å². The molecule has 2 unspecified atom stereocenters. The van der Waals surface area contributed by atoms with Crippen LogP contribution in [0.15, 0.2) is 0 Å². The van der Waals surface area contributed by atoms with Gasteiger partial charge in [0.05, 0.1) is 12.2 Å². The zero-order valence-corrected chi connectivity index (χ0v) is 8.30. The molecule has 11 heavy (non-hydrogen) atoms. The molecule has 0 amide bonds. The molecule has 0 radical (unpaired) electrons. The third-order valence-electron chi connectivity index (χ3n) is 2.83. The molecular formula is C8H16O2Si. The Labute approximate surface area is 69.1 Å². The molecule has 2 aliphatic heterocycles. The lowest BCUT2D eigenvalue weighted by atomic mass is 10.3. The molecule has 2 nitrogen and oxygen atoms in total. The summed E-state index contributed by atoms with van der Waals surface area (Å²) < 4.78 is 11.9. The first-order chi connectivity index (χ1) is 5.22. The van der Waals surface area contributed by atoms with Crippen molar-refractivity contribution in [1.82, 2.24) is 0 Å². The minimum Gasteiger partial charge on any atom is -0.389 e. The number of rotatable bonds is 0. The third kappa shape index (κ3) is 1.25. The second kappa shape index (κ2) is 2.57. The molecule has 1 spiro atoms. The van der Waals surface area contributed by atoms with Crippen molar-refractivity contribution >= 4 is 8.56 Å². The Balaban J connectivity index is 2.06. The van der Waals surface area contributed by atoms with E-state index < -0.39 is 8.56 Å². The van der Waals surface area contributed by atoms with Crippen molar-refractivity contribution in [2.24, 2.45) is 0 Å². The summed E-state index contributed by atoms with van der Waals surface area (Å²) in [5, 5.41) is 0. The van der Waals surface area contributed by atoms with Gasteiger partial charge in [0.2, 0.25) is 0 Å². The fraction of sp³-hybridized carbons (Fsp3) is 1.00. The Bertz CT molecular complexity index is 142. The molecular weight excluding hydrogens is 156 g/mol. The second-order valence-electron chi connectivity index (χ2n) is 3.76. The minimum atomic E-state index is -1.60. The molecule has 2 atom stereocenters. The van der Waals surface area contributed by atoms with Crippen LogP contribution in [0.1, 0.15) is 26.7 Å². The third-order valence-corrected chi connectivity index (χ3v) is 6.66. The molecule has 0 bridgehead atoms. The van der Waals surface area contributed by atoms with Gasteiger partial charge in [-0.15, -0.1) is 0 Å². The van der Waals surface area contributed by atoms with Gasteiger partial charge in [0.1, 0.15) is 0 Å². The highest BCUT2D eigenvalue weighted by atomic mass is 28.4. The molecule has 2 heterocycles. The summed E-state index contributed by atoms with van der Waals surface area (Å²) >= 11 is 0. The quantitative estimate of drug-likeness (QED) is 0.521. The van der Waals surface area contributed by atoms with Crippen molar-refractivity contribution in [3.63, 3.8) is 0 Å². The highest BCUT2D eigenvalue weighted by Gasteiger charge is 2.49. The van der Waals surface area contributed by atoms with Crippen molar-refractivity contribution in [1.29, 1.82) is 0 Å². The van der Waals surface area contributed by atoms with Gasteiger partial charge in [-0.3, -0.25) is 0 Å². The lowest BCUT2D eigenvalue weighted by Crippen LogP contribution is -2.33. The van der Waals surface area contributed by atoms with Gasteiger partial charge in [0.15, 0.2) is 0 Å². The average Bonchev–Trinajstić information content (AvgIpc) is 2.46. The largest absolute Gasteiger partial charge is 0.389 e. The van der Waals surface area contributed by atoms with Gasteiger partial charge >= 0.3 is 8.56 Å². The van der Waals surface area contributed by atoms with E-state index in [4.69, 9.17) is 8.85 Å². The summed E-state index contributed by atoms with van der Waals surface area (Å²) in [4.78, 5) is 0. The molecule has 3 heteroatoms. The van der Waals surface area contributed by atoms with Crippen LogP contribution in [-0.2, 0) is 8.85 Å². The summed E-state index contributed by atoms with van der Waals surface area (Å²) in [6.45, 7) is 4.26. The average molecular weight is 172 g/mol. The van der Waals surface area contributed by atoms with Gasteiger partial charge in [0.25, 0.3) is 0 Å². The zero-order chi connectivity index (χ0) is 7.90. The maximum atomic E-state index is 5.94. The van der Waals surface area contributed by atoms with Crippen LogP contribution in [0.5, 0.6) is 0 Å². The van der Waals surface area contributed by atoms with Crippen LogP contribution in [-0.4, -0.2) is 20.8 Å². The fourth-order valence-electron chi connectivity index (χ4n) is 2.05. The Morgan fingerprint density at radius 2 is 1.45 bits per heavy atom. The summed E-state index contributed by atoms with van der Waals surface area (Å²) in [5.41, 5.74) is 0. The molecule has 0 aromatic heterocycles. The van der Waals surface area contributed by atoms with Crippen LogP contribution in [0.2, 0.25) is 12.1 Å². The number of hydrogen-bond acceptors (Lipinski definition) is 2. The van der Waals surface area contributed by atoms with E-state index >= 15 is 0 Å². The Morgan fingerprint density at radius 3 is 1.91 bits per heavy atom. The van der Waals surface area contributed by atoms with E-state index in [0.29, 0.717) is 12.2 Å². The summed E-state index contributed by atoms with van der Waals surface area (Å²) in [7, 11) is -1.60. The topological polar surface area (TPSA) is 18.5 Å². The molecule has 64 valence electrons. The monoisotopic (exact) mass is 172 g/mol. The Morgan fingerprint density at radius 1 is 1.00 bits per heavy atom. The standard InChI is InChI=1S/C8H16O2Si/c1-7-8(2)10-11(9-7)5-3-4-6-11/h7-8H,3-6H2,1-2H3. The van der Waals surface area contributed by atoms with Crippen molar-refractivity contribution in [2.45, 2.75) is 51.0 Å². The van der Waals surface area contributed by atoms with Crippen LogP contribution in [0.3, 0.4) is 0 Å². The van der Waals surface area contributed by atoms with E-state index in [9.17, 15) is 0 Å². The van der Waals surface area contributed by atoms with Crippen LogP contribution in [0.4, 0.5) is 0 Å². The van der Waals surface area contributed by atoms with E-state index in [0.717, 1.165) is 0 Å². The van der Waals surface area contributed by atoms with E-state index in [1.54, 1.807) is 0 Å². The first-order valence-electron chi connectivity index (χ1n) is 4.57. The van der Waals surface area contributed by atoms with E-state index in [1.807, 2.05) is 0 Å². The molecule has 2 fully saturated rings. The molecule has 0 N–H and O–H groups in total. The molecule has 0 aromatic carbocycles. The van der Waals surface area contributed by atoms with Gasteiger partial charge in [-0.1, -0.05) is 12.8 Å². The molecule has 2 saturated heterocycles. The second-order valence-corrected chi connectivity index (χ2v) is 7.06. The van der Waals surface area contributed by atoms with Gasteiger partial charge < -0.3 is 8.85 Å². The SMILES string of the molecule is CC1O[Si]2(CCCC2)OC1C. The highest BCUT2D eigenvalue weighted by molar-refractivity contribution is 6.68. The molecule has 0 aromatic rings. The maximum absolute atomic E-state index is 5.94. The molecule has 0 aliphatic carbocycles. The van der Waals surface area contributed by atoms with Crippen molar-refractivity contribution in [2.75, 3.05) is 0 Å². The van der Waals surface area contributed by atoms with E-state index in [2.05, 4.69) is 13.8 Å². The van der Waals surface area contributed by atoms with Gasteiger partial charge in [0, 0.05) is 0 Å². The van der Waals surface area contributed by atoms with Gasteiger partial charge in [-0.2, -0.15) is 0 Å². The van der Waals surface area contributed by atoms with Crippen LogP contribution >= 0.6 is 0 Å². The normalized spacial score (nSPS) is 42.0. The van der Waals surface area contributed by atoms with E-state index in [1.165, 1.54) is 24.9 Å². The summed E-state index contributed by atoms with van der Waals surface area (Å²) in [6.07, 6.45) is 3.34. The summed E-state index contributed by atoms with van der Waals surface area (Å²) in [6, 6.07) is 2.48. The molecule has 2 rings (SSSR count). The molecule has 2 aliphatic rings. The predicted octanol–water partition coefficient (Wildman–Crippen LogP) is 2.05. The Kier molecular flexibility index (Phi) is 1.82. The minimum absolute atomic E-state index is 0.347. The first kappa shape index (κ1) is 7.77. The van der Waals surface area contributed by atoms with E-state index in [-0.39, 0.29) is 0 Å². The smallest absolute Gasteiger partial charge is 0.338 e. The summed E-state index contributed by atoms with van der Waals surface area (Å²) in [5.74, 6) is 0. The first-order valence-corrected chi connectivity index (χ1v) is 6.81. The lowest BCUT2D eigenvalue weighted by molar-refractivity contribution is 0.187. The Hall–Kier alpha value is 0.137. The highest BCUT2D eigenvalue weighted by Crippen LogP contribution is 2.38. The zero-order valence-electron chi connectivity index (χ0n) is 7.30. The predicted molar refractivity (Wildman–Crippen MR) is 45.7 cm³/mol. The van der Waals surface area contributed by atoms with Crippen molar-refractivity contribution < 1.29 is 8.85 Å². The maximum Gasteiger partial charge on any atom is 0.338 e. The van der Waals surface area contributed by atoms with Crippen molar-refractivity contribution in [3.8, 4) is 0 Å².